The number of aromatic nitrogens is 1. The van der Waals surface area contributed by atoms with E-state index in [0.717, 1.165) is 0 Å². The van der Waals surface area contributed by atoms with E-state index in [1.54, 1.807) is 0 Å². The molecule has 11 rings (SSSR count). The fourth-order valence-electron chi connectivity index (χ4n) is 9.20. The van der Waals surface area contributed by atoms with Gasteiger partial charge in [-0.2, -0.15) is 0 Å². The van der Waals surface area contributed by atoms with Gasteiger partial charge in [0.2, 0.25) is 0 Å². The molecule has 1 heteroatoms. The smallest absolute Gasteiger partial charge is 0.0719 e. The molecule has 1 heterocycles. The summed E-state index contributed by atoms with van der Waals surface area (Å²) in [5.41, 5.74) is 13.5. The van der Waals surface area contributed by atoms with Crippen LogP contribution in [-0.4, -0.2) is 4.57 Å². The molecular weight excluding hydrogens is 627 g/mol. The van der Waals surface area contributed by atoms with E-state index in [9.17, 15) is 0 Å². The SMILES string of the molecule is c1ccc(C2(c3ccccc3)c3ccccc3-c3ccc4ccc(-c5ccc6cc(-n7c8ccccc8c8ccccc87)ccc6c5)cc4c32)cc1. The minimum Gasteiger partial charge on any atom is -0.309 e. The van der Waals surface area contributed by atoms with E-state index in [0.29, 0.717) is 0 Å². The third kappa shape index (κ3) is 4.05. The zero-order valence-corrected chi connectivity index (χ0v) is 28.5. The zero-order valence-electron chi connectivity index (χ0n) is 28.5. The topological polar surface area (TPSA) is 4.93 Å². The number of rotatable bonds is 4. The Balaban J connectivity index is 1.10. The van der Waals surface area contributed by atoms with Crippen LogP contribution in [0.25, 0.3) is 71.3 Å². The second-order valence-electron chi connectivity index (χ2n) is 14.1. The molecule has 242 valence electrons. The lowest BCUT2D eigenvalue weighted by atomic mass is 9.66. The maximum absolute atomic E-state index is 2.44. The van der Waals surface area contributed by atoms with Crippen molar-refractivity contribution >= 4 is 43.4 Å². The summed E-state index contributed by atoms with van der Waals surface area (Å²) in [5, 5.41) is 7.57. The minimum absolute atomic E-state index is 0.445. The third-order valence-electron chi connectivity index (χ3n) is 11.4. The molecule has 1 aliphatic rings. The van der Waals surface area contributed by atoms with Crippen LogP contribution in [0.4, 0.5) is 0 Å². The van der Waals surface area contributed by atoms with Crippen molar-refractivity contribution in [1.82, 2.24) is 4.57 Å². The highest BCUT2D eigenvalue weighted by Gasteiger charge is 2.46. The zero-order chi connectivity index (χ0) is 34.2. The molecule has 10 aromatic rings. The van der Waals surface area contributed by atoms with E-state index in [-0.39, 0.29) is 0 Å². The Labute approximate surface area is 302 Å². The molecule has 0 N–H and O–H groups in total. The summed E-state index contributed by atoms with van der Waals surface area (Å²) in [4.78, 5) is 0. The Morgan fingerprint density at radius 3 is 1.60 bits per heavy atom. The van der Waals surface area contributed by atoms with E-state index in [2.05, 4.69) is 205 Å². The van der Waals surface area contributed by atoms with Crippen LogP contribution in [0.15, 0.2) is 200 Å². The largest absolute Gasteiger partial charge is 0.309 e. The van der Waals surface area contributed by atoms with Crippen LogP contribution >= 0.6 is 0 Å². The van der Waals surface area contributed by atoms with E-state index in [1.807, 2.05) is 0 Å². The molecule has 1 nitrogen and oxygen atoms in total. The summed E-state index contributed by atoms with van der Waals surface area (Å²) < 4.78 is 2.39. The molecule has 0 saturated carbocycles. The van der Waals surface area contributed by atoms with Gasteiger partial charge in [0.05, 0.1) is 16.4 Å². The van der Waals surface area contributed by atoms with Crippen LogP contribution in [0.2, 0.25) is 0 Å². The predicted octanol–water partition coefficient (Wildman–Crippen LogP) is 13.1. The number of nitrogens with zero attached hydrogens (tertiary/aromatic N) is 1. The van der Waals surface area contributed by atoms with E-state index < -0.39 is 5.41 Å². The molecule has 9 aromatic carbocycles. The van der Waals surface area contributed by atoms with Gasteiger partial charge in [-0.1, -0.05) is 164 Å². The van der Waals surface area contributed by atoms with Gasteiger partial charge in [-0.15, -0.1) is 0 Å². The highest BCUT2D eigenvalue weighted by atomic mass is 15.0. The molecule has 0 amide bonds. The third-order valence-corrected chi connectivity index (χ3v) is 11.4. The lowest BCUT2D eigenvalue weighted by molar-refractivity contribution is 0.775. The maximum Gasteiger partial charge on any atom is 0.0719 e. The Morgan fingerprint density at radius 1 is 0.346 bits per heavy atom. The predicted molar refractivity (Wildman–Crippen MR) is 219 cm³/mol. The lowest BCUT2D eigenvalue weighted by Crippen LogP contribution is -2.28. The first-order valence-corrected chi connectivity index (χ1v) is 18.1. The van der Waals surface area contributed by atoms with Crippen LogP contribution in [0.5, 0.6) is 0 Å². The van der Waals surface area contributed by atoms with Crippen molar-refractivity contribution in [2.45, 2.75) is 5.41 Å². The molecule has 1 aliphatic carbocycles. The molecule has 52 heavy (non-hydrogen) atoms. The molecule has 0 fully saturated rings. The first-order valence-electron chi connectivity index (χ1n) is 18.1. The average Bonchev–Trinajstić information content (AvgIpc) is 3.72. The molecular formula is C51H33N. The van der Waals surface area contributed by atoms with Gasteiger partial charge in [0.25, 0.3) is 0 Å². The van der Waals surface area contributed by atoms with Gasteiger partial charge in [0, 0.05) is 16.5 Å². The summed E-state index contributed by atoms with van der Waals surface area (Å²) in [6.45, 7) is 0. The molecule has 0 spiro atoms. The number of benzene rings is 9. The fourth-order valence-corrected chi connectivity index (χ4v) is 9.20. The monoisotopic (exact) mass is 659 g/mol. The van der Waals surface area contributed by atoms with Gasteiger partial charge in [-0.25, -0.2) is 0 Å². The minimum atomic E-state index is -0.445. The van der Waals surface area contributed by atoms with Crippen LogP contribution in [0, 0.1) is 0 Å². The van der Waals surface area contributed by atoms with E-state index in [1.165, 1.54) is 93.5 Å². The fraction of sp³-hybridized carbons (Fsp3) is 0.0196. The van der Waals surface area contributed by atoms with Gasteiger partial charge in [-0.3, -0.25) is 0 Å². The summed E-state index contributed by atoms with van der Waals surface area (Å²) in [7, 11) is 0. The molecule has 1 aromatic heterocycles. The van der Waals surface area contributed by atoms with Crippen molar-refractivity contribution in [3.63, 3.8) is 0 Å². The van der Waals surface area contributed by atoms with Gasteiger partial charge >= 0.3 is 0 Å². The standard InChI is InChI=1S/C51H33N/c1-3-13-39(14-4-1)51(40-15-5-2-6-16-40)47-20-10-7-17-42(47)45-30-28-34-23-24-38(33-46(34)50(45)51)35-25-26-37-32-41(29-27-36(37)31-35)52-48-21-11-8-18-43(48)44-19-9-12-22-49(44)52/h1-33H. The van der Waals surface area contributed by atoms with Crippen LogP contribution in [0.1, 0.15) is 22.3 Å². The summed E-state index contributed by atoms with van der Waals surface area (Å²) in [6.07, 6.45) is 0. The summed E-state index contributed by atoms with van der Waals surface area (Å²) in [6, 6.07) is 74.1. The second kappa shape index (κ2) is 11.2. The number of fused-ring (bicyclic) bond motifs is 9. The maximum atomic E-state index is 2.44. The Hall–Kier alpha value is -6.70. The van der Waals surface area contributed by atoms with Crippen molar-refractivity contribution in [3.8, 4) is 27.9 Å². The first-order chi connectivity index (χ1) is 25.8. The van der Waals surface area contributed by atoms with Gasteiger partial charge in [0.15, 0.2) is 0 Å². The quantitative estimate of drug-likeness (QED) is 0.177. The molecule has 0 bridgehead atoms. The highest BCUT2D eigenvalue weighted by Crippen LogP contribution is 2.58. The molecule has 0 atom stereocenters. The Morgan fingerprint density at radius 2 is 0.885 bits per heavy atom. The first kappa shape index (κ1) is 29.1. The lowest BCUT2D eigenvalue weighted by Gasteiger charge is -2.34. The average molecular weight is 660 g/mol. The number of hydrogen-bond donors (Lipinski definition) is 0. The molecule has 0 saturated heterocycles. The van der Waals surface area contributed by atoms with Gasteiger partial charge in [-0.05, 0) is 102 Å². The van der Waals surface area contributed by atoms with Crippen molar-refractivity contribution < 1.29 is 0 Å². The molecule has 0 radical (unpaired) electrons. The molecule has 0 unspecified atom stereocenters. The summed E-state index contributed by atoms with van der Waals surface area (Å²) >= 11 is 0. The Bertz CT molecular complexity index is 2910. The highest BCUT2D eigenvalue weighted by molar-refractivity contribution is 6.09. The number of para-hydroxylation sites is 2. The van der Waals surface area contributed by atoms with Gasteiger partial charge in [0.1, 0.15) is 0 Å². The Kier molecular flexibility index (Phi) is 6.23. The van der Waals surface area contributed by atoms with Crippen molar-refractivity contribution in [3.05, 3.63) is 222 Å². The van der Waals surface area contributed by atoms with Crippen LogP contribution < -0.4 is 0 Å². The second-order valence-corrected chi connectivity index (χ2v) is 14.1. The van der Waals surface area contributed by atoms with Crippen molar-refractivity contribution in [2.75, 3.05) is 0 Å². The summed E-state index contributed by atoms with van der Waals surface area (Å²) in [5.74, 6) is 0. The van der Waals surface area contributed by atoms with Crippen LogP contribution in [-0.2, 0) is 5.41 Å². The van der Waals surface area contributed by atoms with Crippen molar-refractivity contribution in [2.24, 2.45) is 0 Å². The normalized spacial score (nSPS) is 13.2. The van der Waals surface area contributed by atoms with Crippen LogP contribution in [0.3, 0.4) is 0 Å². The number of hydrogen-bond acceptors (Lipinski definition) is 0. The molecule has 0 aliphatic heterocycles. The van der Waals surface area contributed by atoms with Crippen molar-refractivity contribution in [1.29, 1.82) is 0 Å². The van der Waals surface area contributed by atoms with E-state index >= 15 is 0 Å². The van der Waals surface area contributed by atoms with Gasteiger partial charge < -0.3 is 4.57 Å². The van der Waals surface area contributed by atoms with E-state index in [4.69, 9.17) is 0 Å².